The van der Waals surface area contributed by atoms with Crippen LogP contribution in [0.5, 0.6) is 0 Å². The molecule has 0 saturated heterocycles. The normalized spacial score (nSPS) is 11.1. The van der Waals surface area contributed by atoms with Crippen LogP contribution in [-0.4, -0.2) is 32.0 Å². The number of hydrogen-bond donors (Lipinski definition) is 4. The van der Waals surface area contributed by atoms with Crippen molar-refractivity contribution in [2.45, 2.75) is 6.92 Å². The fourth-order valence-corrected chi connectivity index (χ4v) is 0.608. The lowest BCUT2D eigenvalue weighted by Crippen LogP contribution is -2.26. The van der Waals surface area contributed by atoms with E-state index in [1.54, 1.807) is 0 Å². The highest BCUT2D eigenvalue weighted by molar-refractivity contribution is 6.34. The highest BCUT2D eigenvalue weighted by atomic mass is 16.4. The Morgan fingerprint density at radius 2 is 2.20 bits per heavy atom. The molecule has 80 valence electrons. The van der Waals surface area contributed by atoms with Gasteiger partial charge in [0.25, 0.3) is 5.56 Å². The number of nitrogens with zero attached hydrogens (tertiary/aromatic N) is 2. The van der Waals surface area contributed by atoms with E-state index in [0.717, 1.165) is 0 Å². The van der Waals surface area contributed by atoms with Crippen LogP contribution in [0.25, 0.3) is 0 Å². The van der Waals surface area contributed by atoms with Crippen molar-refractivity contribution in [3.05, 3.63) is 20.8 Å². The molecule has 0 bridgehead atoms. The van der Waals surface area contributed by atoms with E-state index in [9.17, 15) is 14.4 Å². The molecule has 0 aromatic carbocycles. The standard InChI is InChI=1S/C6H7N5O4/c1-2(5(13)14)8-9-3-4(12)7-6(15)11-10-3/h1H3,(H,9,10)(H,13,14)(H2,7,11,12,15). The van der Waals surface area contributed by atoms with E-state index in [2.05, 4.69) is 15.6 Å². The van der Waals surface area contributed by atoms with Gasteiger partial charge in [0.2, 0.25) is 5.82 Å². The predicted octanol–water partition coefficient (Wildman–Crippen LogP) is -1.67. The van der Waals surface area contributed by atoms with Gasteiger partial charge in [0.05, 0.1) is 0 Å². The maximum atomic E-state index is 11.0. The fraction of sp³-hybridized carbons (Fsp3) is 0.167. The SMILES string of the molecule is CC(=NNc1n[nH]c(=O)[nH]c1=O)C(=O)O. The van der Waals surface area contributed by atoms with Gasteiger partial charge >= 0.3 is 11.7 Å². The lowest BCUT2D eigenvalue weighted by molar-refractivity contribution is -0.129. The molecular formula is C6H7N5O4. The predicted molar refractivity (Wildman–Crippen MR) is 49.8 cm³/mol. The fourth-order valence-electron chi connectivity index (χ4n) is 0.608. The Labute approximate surface area is 81.8 Å². The van der Waals surface area contributed by atoms with Crippen molar-refractivity contribution in [1.82, 2.24) is 15.2 Å². The molecule has 0 spiro atoms. The quantitative estimate of drug-likeness (QED) is 0.349. The van der Waals surface area contributed by atoms with Crippen LogP contribution >= 0.6 is 0 Å². The Morgan fingerprint density at radius 1 is 1.53 bits per heavy atom. The zero-order valence-electron chi connectivity index (χ0n) is 7.57. The first-order valence-electron chi connectivity index (χ1n) is 3.73. The van der Waals surface area contributed by atoms with E-state index >= 15 is 0 Å². The molecule has 0 aliphatic rings. The minimum absolute atomic E-state index is 0.248. The molecule has 0 unspecified atom stereocenters. The Kier molecular flexibility index (Phi) is 2.96. The van der Waals surface area contributed by atoms with Crippen molar-refractivity contribution in [2.24, 2.45) is 5.10 Å². The third kappa shape index (κ3) is 2.76. The highest BCUT2D eigenvalue weighted by Crippen LogP contribution is 1.87. The van der Waals surface area contributed by atoms with Crippen molar-refractivity contribution >= 4 is 17.5 Å². The van der Waals surface area contributed by atoms with Crippen molar-refractivity contribution < 1.29 is 9.90 Å². The van der Waals surface area contributed by atoms with Crippen LogP contribution in [0.3, 0.4) is 0 Å². The van der Waals surface area contributed by atoms with Crippen LogP contribution in [-0.2, 0) is 4.79 Å². The van der Waals surface area contributed by atoms with Gasteiger partial charge in [0.15, 0.2) is 0 Å². The van der Waals surface area contributed by atoms with Crippen LogP contribution < -0.4 is 16.7 Å². The molecule has 9 nitrogen and oxygen atoms in total. The number of nitrogens with one attached hydrogen (secondary N) is 3. The summed E-state index contributed by atoms with van der Waals surface area (Å²) in [5, 5.41) is 17.1. The number of anilines is 1. The number of hydrazone groups is 1. The monoisotopic (exact) mass is 213 g/mol. The third-order valence-corrected chi connectivity index (χ3v) is 1.35. The number of rotatable bonds is 3. The van der Waals surface area contributed by atoms with Crippen molar-refractivity contribution in [3.8, 4) is 0 Å². The largest absolute Gasteiger partial charge is 0.477 e. The Balaban J connectivity index is 2.92. The van der Waals surface area contributed by atoms with Gasteiger partial charge in [-0.15, -0.1) is 5.10 Å². The number of carboxylic acid groups (broad SMARTS) is 1. The lowest BCUT2D eigenvalue weighted by Gasteiger charge is -1.96. The molecule has 0 atom stereocenters. The zero-order valence-corrected chi connectivity index (χ0v) is 7.57. The summed E-state index contributed by atoms with van der Waals surface area (Å²) in [6.45, 7) is 1.23. The molecule has 4 N–H and O–H groups in total. The Hall–Kier alpha value is -2.45. The first kappa shape index (κ1) is 10.6. The molecule has 0 saturated carbocycles. The van der Waals surface area contributed by atoms with E-state index in [-0.39, 0.29) is 11.5 Å². The first-order valence-corrected chi connectivity index (χ1v) is 3.73. The molecule has 15 heavy (non-hydrogen) atoms. The summed E-state index contributed by atoms with van der Waals surface area (Å²) < 4.78 is 0. The molecule has 0 amide bonds. The number of aromatic nitrogens is 3. The Morgan fingerprint density at radius 3 is 2.73 bits per heavy atom. The van der Waals surface area contributed by atoms with Crippen LogP contribution in [0.15, 0.2) is 14.7 Å². The molecule has 1 aromatic rings. The number of hydrogen-bond acceptors (Lipinski definition) is 6. The second-order valence-corrected chi connectivity index (χ2v) is 2.47. The second kappa shape index (κ2) is 4.17. The number of aromatic amines is 2. The summed E-state index contributed by atoms with van der Waals surface area (Å²) in [6, 6.07) is 0. The van der Waals surface area contributed by atoms with Gasteiger partial charge in [0.1, 0.15) is 5.71 Å². The summed E-state index contributed by atoms with van der Waals surface area (Å²) in [7, 11) is 0. The minimum atomic E-state index is -1.23. The molecule has 9 heteroatoms. The van der Waals surface area contributed by atoms with Gasteiger partial charge in [-0.1, -0.05) is 0 Å². The third-order valence-electron chi connectivity index (χ3n) is 1.35. The minimum Gasteiger partial charge on any atom is -0.477 e. The molecule has 0 aliphatic carbocycles. The lowest BCUT2D eigenvalue weighted by atomic mass is 10.4. The number of aliphatic carboxylic acids is 1. The van der Waals surface area contributed by atoms with E-state index < -0.39 is 17.2 Å². The highest BCUT2D eigenvalue weighted by Gasteiger charge is 2.03. The maximum Gasteiger partial charge on any atom is 0.351 e. The van der Waals surface area contributed by atoms with Crippen molar-refractivity contribution in [3.63, 3.8) is 0 Å². The van der Waals surface area contributed by atoms with Gasteiger partial charge < -0.3 is 5.11 Å². The van der Waals surface area contributed by atoms with E-state index in [4.69, 9.17) is 5.11 Å². The van der Waals surface area contributed by atoms with E-state index in [1.165, 1.54) is 6.92 Å². The average Bonchev–Trinajstić information content (AvgIpc) is 2.15. The van der Waals surface area contributed by atoms with Crippen molar-refractivity contribution in [2.75, 3.05) is 5.43 Å². The molecule has 0 radical (unpaired) electrons. The van der Waals surface area contributed by atoms with E-state index in [0.29, 0.717) is 0 Å². The number of H-pyrrole nitrogens is 2. The number of carbonyl (C=O) groups is 1. The van der Waals surface area contributed by atoms with Crippen LogP contribution in [0.1, 0.15) is 6.92 Å². The molecule has 0 aliphatic heterocycles. The maximum absolute atomic E-state index is 11.0. The van der Waals surface area contributed by atoms with Crippen molar-refractivity contribution in [1.29, 1.82) is 0 Å². The molecule has 1 heterocycles. The van der Waals surface area contributed by atoms with Gasteiger partial charge in [-0.2, -0.15) is 5.10 Å². The Bertz CT molecular complexity index is 513. The summed E-state index contributed by atoms with van der Waals surface area (Å²) in [5.74, 6) is -1.53. The van der Waals surface area contributed by atoms with Gasteiger partial charge in [-0.3, -0.25) is 15.2 Å². The average molecular weight is 213 g/mol. The molecule has 1 aromatic heterocycles. The molecule has 1 rings (SSSR count). The van der Waals surface area contributed by atoms with E-state index in [1.807, 2.05) is 10.1 Å². The van der Waals surface area contributed by atoms with Gasteiger partial charge in [0, 0.05) is 0 Å². The smallest absolute Gasteiger partial charge is 0.351 e. The second-order valence-electron chi connectivity index (χ2n) is 2.47. The summed E-state index contributed by atoms with van der Waals surface area (Å²) in [6.07, 6.45) is 0. The summed E-state index contributed by atoms with van der Waals surface area (Å²) in [5.41, 5.74) is 0.305. The summed E-state index contributed by atoms with van der Waals surface area (Å²) >= 11 is 0. The number of carboxylic acids is 1. The molecular weight excluding hydrogens is 206 g/mol. The summed E-state index contributed by atoms with van der Waals surface area (Å²) in [4.78, 5) is 33.8. The first-order chi connectivity index (χ1) is 7.00. The van der Waals surface area contributed by atoms with Gasteiger partial charge in [-0.25, -0.2) is 14.7 Å². The topological polar surface area (TPSA) is 140 Å². The molecule has 0 fully saturated rings. The van der Waals surface area contributed by atoms with Crippen LogP contribution in [0.2, 0.25) is 0 Å². The van der Waals surface area contributed by atoms with Gasteiger partial charge in [-0.05, 0) is 6.92 Å². The van der Waals surface area contributed by atoms with Crippen LogP contribution in [0, 0.1) is 0 Å². The van der Waals surface area contributed by atoms with Crippen LogP contribution in [0.4, 0.5) is 5.82 Å². The zero-order chi connectivity index (χ0) is 11.4.